The Balaban J connectivity index is 2.11. The lowest BCUT2D eigenvalue weighted by Crippen LogP contribution is -2.49. The Kier molecular flexibility index (Phi) is 4.37. The summed E-state index contributed by atoms with van der Waals surface area (Å²) < 4.78 is 11.0. The lowest BCUT2D eigenvalue weighted by atomic mass is 10.2. The standard InChI is InChI=1S/C15H20N2O3S/c1-15(2,3)20-14(18)16-10-9-19-12-8-6-5-7-11(12)17(4)13(10)21/h5-8,10H,9H2,1-4H3,(H,16,18)/t10-/m0/s1. The summed E-state index contributed by atoms with van der Waals surface area (Å²) in [7, 11) is 1.86. The Hall–Kier alpha value is -1.82. The minimum atomic E-state index is -0.549. The number of hydrogen-bond acceptors (Lipinski definition) is 4. The third-order valence-electron chi connectivity index (χ3n) is 2.95. The van der Waals surface area contributed by atoms with E-state index in [0.717, 1.165) is 11.4 Å². The van der Waals surface area contributed by atoms with E-state index in [1.807, 2.05) is 57.0 Å². The van der Waals surface area contributed by atoms with Gasteiger partial charge < -0.3 is 19.7 Å². The van der Waals surface area contributed by atoms with Crippen LogP contribution in [0.1, 0.15) is 20.8 Å². The number of fused-ring (bicyclic) bond motifs is 1. The van der Waals surface area contributed by atoms with Crippen LogP contribution in [-0.4, -0.2) is 36.4 Å². The second-order valence-corrected chi connectivity index (χ2v) is 6.29. The number of amides is 1. The van der Waals surface area contributed by atoms with Crippen LogP contribution in [0.3, 0.4) is 0 Å². The molecule has 0 saturated carbocycles. The van der Waals surface area contributed by atoms with Crippen LogP contribution >= 0.6 is 12.2 Å². The number of benzene rings is 1. The van der Waals surface area contributed by atoms with E-state index >= 15 is 0 Å². The maximum Gasteiger partial charge on any atom is 0.408 e. The molecule has 5 nitrogen and oxygen atoms in total. The predicted octanol–water partition coefficient (Wildman–Crippen LogP) is 2.74. The van der Waals surface area contributed by atoms with Crippen LogP contribution in [0.2, 0.25) is 0 Å². The molecule has 1 aliphatic rings. The molecule has 0 spiro atoms. The Bertz CT molecular complexity index is 554. The highest BCUT2D eigenvalue weighted by Gasteiger charge is 2.28. The normalized spacial score (nSPS) is 18.4. The van der Waals surface area contributed by atoms with Crippen molar-refractivity contribution in [3.63, 3.8) is 0 Å². The van der Waals surface area contributed by atoms with Crippen molar-refractivity contribution in [2.24, 2.45) is 0 Å². The Morgan fingerprint density at radius 3 is 2.76 bits per heavy atom. The number of para-hydroxylation sites is 2. The molecule has 6 heteroatoms. The van der Waals surface area contributed by atoms with Crippen LogP contribution in [0.25, 0.3) is 0 Å². The SMILES string of the molecule is CN1C(=S)[C@@H](NC(=O)OC(C)(C)C)COc2ccccc21. The summed E-state index contributed by atoms with van der Waals surface area (Å²) in [5.74, 6) is 0.746. The number of nitrogens with zero attached hydrogens (tertiary/aromatic N) is 1. The minimum Gasteiger partial charge on any atom is -0.489 e. The summed E-state index contributed by atoms with van der Waals surface area (Å²) in [5.41, 5.74) is 0.336. The Morgan fingerprint density at radius 1 is 1.43 bits per heavy atom. The number of carbonyl (C=O) groups is 1. The fourth-order valence-corrected chi connectivity index (χ4v) is 2.23. The van der Waals surface area contributed by atoms with E-state index < -0.39 is 17.7 Å². The molecule has 1 N–H and O–H groups in total. The summed E-state index contributed by atoms with van der Waals surface area (Å²) in [4.78, 5) is 14.3. The highest BCUT2D eigenvalue weighted by atomic mass is 32.1. The summed E-state index contributed by atoms with van der Waals surface area (Å²) >= 11 is 5.45. The second-order valence-electron chi connectivity index (χ2n) is 5.87. The van der Waals surface area contributed by atoms with E-state index in [4.69, 9.17) is 21.7 Å². The molecule has 21 heavy (non-hydrogen) atoms. The number of likely N-dealkylation sites (N-methyl/N-ethyl adjacent to an activating group) is 1. The van der Waals surface area contributed by atoms with Crippen LogP contribution in [-0.2, 0) is 4.74 Å². The summed E-state index contributed by atoms with van der Waals surface area (Å²) in [6.45, 7) is 5.73. The molecule has 0 radical (unpaired) electrons. The van der Waals surface area contributed by atoms with Gasteiger partial charge in [-0.3, -0.25) is 0 Å². The molecular weight excluding hydrogens is 288 g/mol. The van der Waals surface area contributed by atoms with Gasteiger partial charge in [0.25, 0.3) is 0 Å². The van der Waals surface area contributed by atoms with Gasteiger partial charge in [0, 0.05) is 7.05 Å². The lowest BCUT2D eigenvalue weighted by molar-refractivity contribution is 0.0508. The molecule has 114 valence electrons. The quantitative estimate of drug-likeness (QED) is 0.809. The number of rotatable bonds is 1. The molecule has 0 aliphatic carbocycles. The zero-order valence-corrected chi connectivity index (χ0v) is 13.5. The van der Waals surface area contributed by atoms with E-state index in [1.54, 1.807) is 0 Å². The largest absolute Gasteiger partial charge is 0.489 e. The molecule has 1 aromatic carbocycles. The van der Waals surface area contributed by atoms with Crippen molar-refractivity contribution in [1.82, 2.24) is 5.32 Å². The van der Waals surface area contributed by atoms with Crippen LogP contribution < -0.4 is 15.0 Å². The van der Waals surface area contributed by atoms with Crippen molar-refractivity contribution in [2.45, 2.75) is 32.4 Å². The smallest absolute Gasteiger partial charge is 0.408 e. The molecule has 1 amide bonds. The minimum absolute atomic E-state index is 0.277. The van der Waals surface area contributed by atoms with Crippen molar-refractivity contribution >= 4 is 29.0 Å². The van der Waals surface area contributed by atoms with Gasteiger partial charge in [-0.15, -0.1) is 0 Å². The highest BCUT2D eigenvalue weighted by molar-refractivity contribution is 7.80. The zero-order chi connectivity index (χ0) is 15.6. The number of anilines is 1. The molecule has 0 saturated heterocycles. The first-order valence-electron chi connectivity index (χ1n) is 6.77. The molecule has 1 aliphatic heterocycles. The van der Waals surface area contributed by atoms with Gasteiger partial charge in [-0.25, -0.2) is 4.79 Å². The van der Waals surface area contributed by atoms with E-state index in [-0.39, 0.29) is 6.61 Å². The van der Waals surface area contributed by atoms with Gasteiger partial charge in [0.2, 0.25) is 0 Å². The van der Waals surface area contributed by atoms with Crippen molar-refractivity contribution < 1.29 is 14.3 Å². The van der Waals surface area contributed by atoms with E-state index in [0.29, 0.717) is 4.99 Å². The number of ether oxygens (including phenoxy) is 2. The Morgan fingerprint density at radius 2 is 2.10 bits per heavy atom. The van der Waals surface area contributed by atoms with Gasteiger partial charge in [-0.05, 0) is 32.9 Å². The van der Waals surface area contributed by atoms with Gasteiger partial charge in [0.15, 0.2) is 0 Å². The number of hydrogen-bond donors (Lipinski definition) is 1. The van der Waals surface area contributed by atoms with E-state index in [1.165, 1.54) is 0 Å². The molecular formula is C15H20N2O3S. The average Bonchev–Trinajstić information content (AvgIpc) is 2.50. The van der Waals surface area contributed by atoms with Gasteiger partial charge in [-0.2, -0.15) is 0 Å². The fraction of sp³-hybridized carbons (Fsp3) is 0.467. The Labute approximate surface area is 130 Å². The van der Waals surface area contributed by atoms with Gasteiger partial charge in [0.05, 0.1) is 5.69 Å². The highest BCUT2D eigenvalue weighted by Crippen LogP contribution is 2.30. The van der Waals surface area contributed by atoms with Crippen LogP contribution in [0, 0.1) is 0 Å². The molecule has 1 atom stereocenters. The second kappa shape index (κ2) is 5.89. The lowest BCUT2D eigenvalue weighted by Gasteiger charge is -2.25. The number of nitrogens with one attached hydrogen (secondary N) is 1. The first kappa shape index (κ1) is 15.6. The topological polar surface area (TPSA) is 50.8 Å². The number of thiocarbonyl (C=S) groups is 1. The van der Waals surface area contributed by atoms with Gasteiger partial charge >= 0.3 is 6.09 Å². The predicted molar refractivity (Wildman–Crippen MR) is 86.1 cm³/mol. The third kappa shape index (κ3) is 3.85. The average molecular weight is 308 g/mol. The van der Waals surface area contributed by atoms with Crippen molar-refractivity contribution in [3.05, 3.63) is 24.3 Å². The monoisotopic (exact) mass is 308 g/mol. The molecule has 0 unspecified atom stereocenters. The van der Waals surface area contributed by atoms with Crippen LogP contribution in [0.5, 0.6) is 5.75 Å². The van der Waals surface area contributed by atoms with Gasteiger partial charge in [-0.1, -0.05) is 24.4 Å². The summed E-state index contributed by atoms with van der Waals surface area (Å²) in [6, 6.07) is 7.22. The van der Waals surface area contributed by atoms with Crippen molar-refractivity contribution in [3.8, 4) is 5.75 Å². The maximum atomic E-state index is 11.9. The zero-order valence-electron chi connectivity index (χ0n) is 12.7. The third-order valence-corrected chi connectivity index (χ3v) is 3.51. The van der Waals surface area contributed by atoms with Crippen LogP contribution in [0.15, 0.2) is 24.3 Å². The van der Waals surface area contributed by atoms with Crippen molar-refractivity contribution in [2.75, 3.05) is 18.6 Å². The molecule has 0 fully saturated rings. The van der Waals surface area contributed by atoms with Gasteiger partial charge in [0.1, 0.15) is 29.0 Å². The van der Waals surface area contributed by atoms with E-state index in [9.17, 15) is 4.79 Å². The molecule has 1 heterocycles. The maximum absolute atomic E-state index is 11.9. The summed E-state index contributed by atoms with van der Waals surface area (Å²) in [5, 5.41) is 2.76. The molecule has 2 rings (SSSR count). The molecule has 1 aromatic rings. The van der Waals surface area contributed by atoms with Crippen molar-refractivity contribution in [1.29, 1.82) is 0 Å². The molecule has 0 bridgehead atoms. The number of alkyl carbamates (subject to hydrolysis) is 1. The molecule has 0 aromatic heterocycles. The first-order valence-corrected chi connectivity index (χ1v) is 7.17. The fourth-order valence-electron chi connectivity index (χ4n) is 2.01. The van der Waals surface area contributed by atoms with E-state index in [2.05, 4.69) is 5.32 Å². The van der Waals surface area contributed by atoms with Crippen LogP contribution in [0.4, 0.5) is 10.5 Å². The first-order chi connectivity index (χ1) is 9.78. The number of carbonyl (C=O) groups excluding carboxylic acids is 1. The summed E-state index contributed by atoms with van der Waals surface area (Å²) in [6.07, 6.45) is -0.502.